The summed E-state index contributed by atoms with van der Waals surface area (Å²) in [6, 6.07) is 16.5. The van der Waals surface area contributed by atoms with Gasteiger partial charge in [-0.1, -0.05) is 5.92 Å². The van der Waals surface area contributed by atoms with Crippen LogP contribution in [0.5, 0.6) is 16.6 Å². The highest BCUT2D eigenvalue weighted by Gasteiger charge is 2.18. The second kappa shape index (κ2) is 8.15. The molecule has 1 heterocycles. The third-order valence-electron chi connectivity index (χ3n) is 3.47. The SMILES string of the molecule is C#CCOc1ccc(C(=O)C(=O)c2ccc(Oc3cccs3)cc2)cc1. The van der Waals surface area contributed by atoms with E-state index < -0.39 is 11.6 Å². The molecule has 0 aliphatic carbocycles. The Labute approximate surface area is 155 Å². The molecule has 0 spiro atoms. The first-order valence-corrected chi connectivity index (χ1v) is 8.62. The van der Waals surface area contributed by atoms with Gasteiger partial charge in [0.1, 0.15) is 18.1 Å². The minimum atomic E-state index is -0.583. The van der Waals surface area contributed by atoms with Gasteiger partial charge in [0.05, 0.1) is 0 Å². The van der Waals surface area contributed by atoms with E-state index in [1.165, 1.54) is 11.3 Å². The van der Waals surface area contributed by atoms with E-state index in [0.717, 1.165) is 5.06 Å². The van der Waals surface area contributed by atoms with E-state index in [4.69, 9.17) is 15.9 Å². The largest absolute Gasteiger partial charge is 0.481 e. The van der Waals surface area contributed by atoms with Crippen molar-refractivity contribution in [1.29, 1.82) is 0 Å². The highest BCUT2D eigenvalue weighted by atomic mass is 32.1. The van der Waals surface area contributed by atoms with Gasteiger partial charge in [-0.3, -0.25) is 9.59 Å². The first-order chi connectivity index (χ1) is 12.7. The highest BCUT2D eigenvalue weighted by molar-refractivity contribution is 7.11. The zero-order valence-electron chi connectivity index (χ0n) is 13.7. The van der Waals surface area contributed by atoms with Crippen molar-refractivity contribution in [2.24, 2.45) is 0 Å². The van der Waals surface area contributed by atoms with Gasteiger partial charge in [0.25, 0.3) is 0 Å². The van der Waals surface area contributed by atoms with E-state index in [9.17, 15) is 9.59 Å². The van der Waals surface area contributed by atoms with Gasteiger partial charge < -0.3 is 9.47 Å². The molecule has 5 heteroatoms. The van der Waals surface area contributed by atoms with Gasteiger partial charge in [0.15, 0.2) is 5.06 Å². The smallest absolute Gasteiger partial charge is 0.233 e. The minimum Gasteiger partial charge on any atom is -0.481 e. The minimum absolute atomic E-state index is 0.145. The third-order valence-corrected chi connectivity index (χ3v) is 4.22. The van der Waals surface area contributed by atoms with Crippen molar-refractivity contribution in [3.63, 3.8) is 0 Å². The van der Waals surface area contributed by atoms with Gasteiger partial charge in [-0.15, -0.1) is 17.8 Å². The molecule has 26 heavy (non-hydrogen) atoms. The summed E-state index contributed by atoms with van der Waals surface area (Å²) in [7, 11) is 0. The van der Waals surface area contributed by atoms with Crippen LogP contribution in [0, 0.1) is 12.3 Å². The molecule has 0 bridgehead atoms. The lowest BCUT2D eigenvalue weighted by molar-refractivity contribution is 0.0817. The van der Waals surface area contributed by atoms with Crippen LogP contribution in [0.3, 0.4) is 0 Å². The lowest BCUT2D eigenvalue weighted by Gasteiger charge is -2.05. The van der Waals surface area contributed by atoms with Crippen molar-refractivity contribution in [3.05, 3.63) is 77.2 Å². The number of ether oxygens (including phenoxy) is 2. The Morgan fingerprint density at radius 2 is 1.46 bits per heavy atom. The van der Waals surface area contributed by atoms with Crippen LogP contribution in [0.25, 0.3) is 0 Å². The summed E-state index contributed by atoms with van der Waals surface area (Å²) < 4.78 is 10.9. The maximum absolute atomic E-state index is 12.4. The summed E-state index contributed by atoms with van der Waals surface area (Å²) in [5.74, 6) is 2.34. The number of ketones is 2. The number of hydrogen-bond acceptors (Lipinski definition) is 5. The molecule has 0 N–H and O–H groups in total. The standard InChI is InChI=1S/C21H14O4S/c1-2-13-24-17-9-5-15(6-10-17)20(22)21(23)16-7-11-18(12-8-16)25-19-4-3-14-26-19/h1,3-12,14H,13H2. The van der Waals surface area contributed by atoms with Gasteiger partial charge in [0, 0.05) is 11.1 Å². The van der Waals surface area contributed by atoms with E-state index in [1.54, 1.807) is 48.5 Å². The van der Waals surface area contributed by atoms with Gasteiger partial charge in [-0.25, -0.2) is 0 Å². The average molecular weight is 362 g/mol. The Bertz CT molecular complexity index is 933. The predicted octanol–water partition coefficient (Wildman–Crippen LogP) is 4.62. The quantitative estimate of drug-likeness (QED) is 0.350. The first kappa shape index (κ1) is 17.5. The number of carbonyl (C=O) groups is 2. The van der Waals surface area contributed by atoms with Crippen molar-refractivity contribution in [2.75, 3.05) is 6.61 Å². The molecular formula is C21H14O4S. The number of hydrogen-bond donors (Lipinski definition) is 0. The summed E-state index contributed by atoms with van der Waals surface area (Å²) >= 11 is 1.47. The number of benzene rings is 2. The molecule has 3 aromatic rings. The van der Waals surface area contributed by atoms with E-state index in [1.807, 2.05) is 17.5 Å². The van der Waals surface area contributed by atoms with E-state index in [0.29, 0.717) is 22.6 Å². The van der Waals surface area contributed by atoms with Crippen LogP contribution in [-0.4, -0.2) is 18.2 Å². The molecule has 2 aromatic carbocycles. The first-order valence-electron chi connectivity index (χ1n) is 7.74. The molecule has 128 valence electrons. The second-order valence-electron chi connectivity index (χ2n) is 5.23. The Hall–Kier alpha value is -3.36. The van der Waals surface area contributed by atoms with Gasteiger partial charge in [-0.2, -0.15) is 0 Å². The number of Topliss-reactive ketones (excluding diaryl/α,β-unsaturated/α-hetero) is 2. The molecule has 0 aliphatic heterocycles. The van der Waals surface area contributed by atoms with Crippen molar-refractivity contribution in [3.8, 4) is 28.9 Å². The van der Waals surface area contributed by atoms with Crippen LogP contribution in [-0.2, 0) is 0 Å². The molecule has 0 fully saturated rings. The summed E-state index contributed by atoms with van der Waals surface area (Å²) in [5, 5.41) is 2.67. The lowest BCUT2D eigenvalue weighted by atomic mass is 10.0. The monoisotopic (exact) mass is 362 g/mol. The van der Waals surface area contributed by atoms with Crippen molar-refractivity contribution in [1.82, 2.24) is 0 Å². The van der Waals surface area contributed by atoms with Gasteiger partial charge >= 0.3 is 0 Å². The highest BCUT2D eigenvalue weighted by Crippen LogP contribution is 2.26. The lowest BCUT2D eigenvalue weighted by Crippen LogP contribution is -2.14. The normalized spacial score (nSPS) is 9.96. The summed E-state index contributed by atoms with van der Waals surface area (Å²) in [6.45, 7) is 0.145. The fourth-order valence-corrected chi connectivity index (χ4v) is 2.79. The van der Waals surface area contributed by atoms with Crippen LogP contribution < -0.4 is 9.47 Å². The molecule has 1 aromatic heterocycles. The zero-order valence-corrected chi connectivity index (χ0v) is 14.5. The van der Waals surface area contributed by atoms with Crippen LogP contribution >= 0.6 is 11.3 Å². The molecule has 0 saturated carbocycles. The third kappa shape index (κ3) is 4.18. The molecule has 0 radical (unpaired) electrons. The van der Waals surface area contributed by atoms with Crippen molar-refractivity contribution in [2.45, 2.75) is 0 Å². The molecular weight excluding hydrogens is 348 g/mol. The average Bonchev–Trinajstić information content (AvgIpc) is 3.19. The van der Waals surface area contributed by atoms with Crippen LogP contribution in [0.2, 0.25) is 0 Å². The molecule has 0 amide bonds. The fraction of sp³-hybridized carbons (Fsp3) is 0.0476. The fourth-order valence-electron chi connectivity index (χ4n) is 2.20. The van der Waals surface area contributed by atoms with Crippen LogP contribution in [0.4, 0.5) is 0 Å². The van der Waals surface area contributed by atoms with E-state index in [-0.39, 0.29) is 6.61 Å². The van der Waals surface area contributed by atoms with Gasteiger partial charge in [-0.05, 0) is 66.0 Å². The molecule has 0 aliphatic rings. The summed E-state index contributed by atoms with van der Waals surface area (Å²) in [4.78, 5) is 24.7. The maximum atomic E-state index is 12.4. The Morgan fingerprint density at radius 3 is 1.96 bits per heavy atom. The maximum Gasteiger partial charge on any atom is 0.233 e. The Morgan fingerprint density at radius 1 is 0.885 bits per heavy atom. The van der Waals surface area contributed by atoms with Gasteiger partial charge in [0.2, 0.25) is 11.6 Å². The molecule has 3 rings (SSSR count). The number of terminal acetylenes is 1. The number of rotatable bonds is 7. The second-order valence-corrected chi connectivity index (χ2v) is 6.14. The van der Waals surface area contributed by atoms with E-state index in [2.05, 4.69) is 5.92 Å². The molecule has 0 atom stereocenters. The topological polar surface area (TPSA) is 52.6 Å². The number of carbonyl (C=O) groups excluding carboxylic acids is 2. The summed E-state index contributed by atoms with van der Waals surface area (Å²) in [5.41, 5.74) is 0.600. The van der Waals surface area contributed by atoms with Crippen molar-refractivity contribution < 1.29 is 19.1 Å². The molecule has 0 saturated heterocycles. The van der Waals surface area contributed by atoms with Crippen LogP contribution in [0.15, 0.2) is 66.0 Å². The molecule has 4 nitrogen and oxygen atoms in total. The van der Waals surface area contributed by atoms with E-state index >= 15 is 0 Å². The Kier molecular flexibility index (Phi) is 5.47. The summed E-state index contributed by atoms with van der Waals surface area (Å²) in [6.07, 6.45) is 5.12. The van der Waals surface area contributed by atoms with Crippen LogP contribution in [0.1, 0.15) is 20.7 Å². The molecule has 0 unspecified atom stereocenters. The number of thiophene rings is 1. The zero-order chi connectivity index (χ0) is 18.4. The Balaban J connectivity index is 1.68. The van der Waals surface area contributed by atoms with Crippen molar-refractivity contribution >= 4 is 22.9 Å². The predicted molar refractivity (Wildman–Crippen MR) is 100 cm³/mol.